The van der Waals surface area contributed by atoms with Gasteiger partial charge in [-0.25, -0.2) is 0 Å². The number of halogens is 3. The maximum atomic E-state index is 12.2. The van der Waals surface area contributed by atoms with Gasteiger partial charge in [0.15, 0.2) is 15.8 Å². The van der Waals surface area contributed by atoms with Crippen molar-refractivity contribution in [3.8, 4) is 11.5 Å². The van der Waals surface area contributed by atoms with Crippen LogP contribution in [0, 0.1) is 0 Å². The number of carbonyl (C=O) groups excluding carboxylic acids is 1. The average Bonchev–Trinajstić information content (AvgIpc) is 3.37. The molecule has 1 aliphatic heterocycles. The van der Waals surface area contributed by atoms with Gasteiger partial charge in [0.1, 0.15) is 6.54 Å². The SMILES string of the molecule is O=C(CSc1nnc(NCC(F)(F)F)s1)Nc1ccc2c(c1)OC1(CCCC1)O2. The molecule has 4 rings (SSSR count). The molecule has 2 aromatic rings. The average molecular weight is 446 g/mol. The third-order valence-corrected chi connectivity index (χ3v) is 6.37. The van der Waals surface area contributed by atoms with Crippen molar-refractivity contribution < 1.29 is 27.4 Å². The molecule has 2 N–H and O–H groups in total. The van der Waals surface area contributed by atoms with E-state index in [0.717, 1.165) is 48.8 Å². The molecular weight excluding hydrogens is 429 g/mol. The molecule has 156 valence electrons. The molecule has 0 radical (unpaired) electrons. The highest BCUT2D eigenvalue weighted by Gasteiger charge is 2.44. The van der Waals surface area contributed by atoms with Crippen LogP contribution < -0.4 is 20.1 Å². The first-order valence-electron chi connectivity index (χ1n) is 8.89. The van der Waals surface area contributed by atoms with Gasteiger partial charge in [-0.1, -0.05) is 23.1 Å². The molecule has 2 heterocycles. The molecule has 1 aromatic heterocycles. The van der Waals surface area contributed by atoms with Crippen molar-refractivity contribution >= 4 is 39.8 Å². The standard InChI is InChI=1S/C17H17F3N4O3S2/c18-17(19,20)9-21-14-23-24-15(29-14)28-8-13(25)22-10-3-4-11-12(7-10)27-16(26-11)5-1-2-6-16/h3-4,7H,1-2,5-6,8-9H2,(H,21,23)(H,22,25). The Labute approximate surface area is 172 Å². The van der Waals surface area contributed by atoms with Crippen molar-refractivity contribution in [2.45, 2.75) is 42.0 Å². The Morgan fingerprint density at radius 2 is 1.97 bits per heavy atom. The van der Waals surface area contributed by atoms with Gasteiger partial charge in [0, 0.05) is 24.6 Å². The fourth-order valence-corrected chi connectivity index (χ4v) is 4.68. The molecule has 0 bridgehead atoms. The predicted molar refractivity (Wildman–Crippen MR) is 103 cm³/mol. The highest BCUT2D eigenvalue weighted by molar-refractivity contribution is 8.01. The Balaban J connectivity index is 1.27. The Bertz CT molecular complexity index is 900. The predicted octanol–water partition coefficient (Wildman–Crippen LogP) is 4.28. The van der Waals surface area contributed by atoms with Crippen molar-refractivity contribution in [1.82, 2.24) is 10.2 Å². The topological polar surface area (TPSA) is 85.4 Å². The lowest BCUT2D eigenvalue weighted by atomic mass is 10.2. The molecule has 12 heteroatoms. The fourth-order valence-electron chi connectivity index (χ4n) is 3.13. The third kappa shape index (κ3) is 5.04. The van der Waals surface area contributed by atoms with E-state index in [4.69, 9.17) is 9.47 Å². The van der Waals surface area contributed by atoms with Crippen LogP contribution in [0.3, 0.4) is 0 Å². The summed E-state index contributed by atoms with van der Waals surface area (Å²) in [6.07, 6.45) is -0.508. The van der Waals surface area contributed by atoms with Gasteiger partial charge in [0.25, 0.3) is 5.79 Å². The van der Waals surface area contributed by atoms with Gasteiger partial charge in [0.2, 0.25) is 11.0 Å². The molecule has 7 nitrogen and oxygen atoms in total. The Hall–Kier alpha value is -2.21. The smallest absolute Gasteiger partial charge is 0.405 e. The Kier molecular flexibility index (Phi) is 5.47. The fraction of sp³-hybridized carbons (Fsp3) is 0.471. The summed E-state index contributed by atoms with van der Waals surface area (Å²) in [6.45, 7) is -1.18. The summed E-state index contributed by atoms with van der Waals surface area (Å²) in [5, 5.41) is 12.4. The van der Waals surface area contributed by atoms with Crippen LogP contribution in [0.25, 0.3) is 0 Å². The normalized spacial score (nSPS) is 16.9. The minimum absolute atomic E-state index is 0.0479. The lowest BCUT2D eigenvalue weighted by Crippen LogP contribution is -2.34. The van der Waals surface area contributed by atoms with E-state index in [0.29, 0.717) is 21.5 Å². The molecular formula is C17H17F3N4O3S2. The van der Waals surface area contributed by atoms with Gasteiger partial charge in [-0.05, 0) is 25.0 Å². The molecule has 1 aromatic carbocycles. The van der Waals surface area contributed by atoms with E-state index in [-0.39, 0.29) is 16.8 Å². The van der Waals surface area contributed by atoms with Crippen LogP contribution in [0.15, 0.2) is 22.5 Å². The number of alkyl halides is 3. The summed E-state index contributed by atoms with van der Waals surface area (Å²) < 4.78 is 48.9. The van der Waals surface area contributed by atoms with Gasteiger partial charge in [-0.2, -0.15) is 13.2 Å². The zero-order valence-corrected chi connectivity index (χ0v) is 16.7. The zero-order chi connectivity index (χ0) is 20.5. The van der Waals surface area contributed by atoms with E-state index < -0.39 is 18.5 Å². The number of benzene rings is 1. The van der Waals surface area contributed by atoms with E-state index in [1.54, 1.807) is 18.2 Å². The highest BCUT2D eigenvalue weighted by Crippen LogP contribution is 2.47. The number of hydrogen-bond acceptors (Lipinski definition) is 8. The van der Waals surface area contributed by atoms with Crippen LogP contribution in [0.4, 0.5) is 24.0 Å². The third-order valence-electron chi connectivity index (χ3n) is 4.36. The highest BCUT2D eigenvalue weighted by atomic mass is 32.2. The van der Waals surface area contributed by atoms with Crippen LogP contribution in [0.1, 0.15) is 25.7 Å². The first kappa shape index (κ1) is 20.1. The molecule has 1 spiro atoms. The summed E-state index contributed by atoms with van der Waals surface area (Å²) in [5.41, 5.74) is 0.581. The first-order chi connectivity index (χ1) is 13.8. The van der Waals surface area contributed by atoms with Crippen molar-refractivity contribution in [1.29, 1.82) is 0 Å². The number of thioether (sulfide) groups is 1. The number of ether oxygens (including phenoxy) is 2. The minimum atomic E-state index is -4.33. The van der Waals surface area contributed by atoms with E-state index in [1.165, 1.54) is 0 Å². The lowest BCUT2D eigenvalue weighted by molar-refractivity contribution is -0.115. The molecule has 1 saturated carbocycles. The van der Waals surface area contributed by atoms with Crippen LogP contribution >= 0.6 is 23.1 Å². The maximum absolute atomic E-state index is 12.2. The number of nitrogens with zero attached hydrogens (tertiary/aromatic N) is 2. The van der Waals surface area contributed by atoms with E-state index in [2.05, 4.69) is 20.8 Å². The summed E-state index contributed by atoms with van der Waals surface area (Å²) in [5.74, 6) is 0.501. The van der Waals surface area contributed by atoms with Crippen molar-refractivity contribution in [3.63, 3.8) is 0 Å². The number of aromatic nitrogens is 2. The number of amides is 1. The van der Waals surface area contributed by atoms with Crippen molar-refractivity contribution in [2.24, 2.45) is 0 Å². The van der Waals surface area contributed by atoms with Crippen LogP contribution in [-0.2, 0) is 4.79 Å². The second-order valence-corrected chi connectivity index (χ2v) is 8.86. The number of fused-ring (bicyclic) bond motifs is 1. The Morgan fingerprint density at radius 1 is 1.21 bits per heavy atom. The molecule has 1 amide bonds. The maximum Gasteiger partial charge on any atom is 0.405 e. The van der Waals surface area contributed by atoms with E-state index >= 15 is 0 Å². The summed E-state index contributed by atoms with van der Waals surface area (Å²) in [7, 11) is 0. The monoisotopic (exact) mass is 446 g/mol. The summed E-state index contributed by atoms with van der Waals surface area (Å²) in [4.78, 5) is 12.2. The first-order valence-corrected chi connectivity index (χ1v) is 10.7. The van der Waals surface area contributed by atoms with Crippen LogP contribution in [0.5, 0.6) is 11.5 Å². The molecule has 1 fully saturated rings. The van der Waals surface area contributed by atoms with Crippen LogP contribution in [0.2, 0.25) is 0 Å². The second kappa shape index (κ2) is 7.90. The quantitative estimate of drug-likeness (QED) is 0.641. The molecule has 0 unspecified atom stereocenters. The van der Waals surface area contributed by atoms with E-state index in [9.17, 15) is 18.0 Å². The summed E-state index contributed by atoms with van der Waals surface area (Å²) >= 11 is 2.06. The zero-order valence-electron chi connectivity index (χ0n) is 15.0. The van der Waals surface area contributed by atoms with E-state index in [1.807, 2.05) is 0 Å². The number of nitrogens with one attached hydrogen (secondary N) is 2. The van der Waals surface area contributed by atoms with Gasteiger partial charge < -0.3 is 20.1 Å². The number of anilines is 2. The molecule has 29 heavy (non-hydrogen) atoms. The van der Waals surface area contributed by atoms with Crippen LogP contribution in [-0.4, -0.2) is 40.4 Å². The van der Waals surface area contributed by atoms with Gasteiger partial charge in [-0.3, -0.25) is 4.79 Å². The molecule has 1 aliphatic carbocycles. The molecule has 0 atom stereocenters. The summed E-state index contributed by atoms with van der Waals surface area (Å²) in [6, 6.07) is 5.24. The van der Waals surface area contributed by atoms with Gasteiger partial charge >= 0.3 is 6.18 Å². The van der Waals surface area contributed by atoms with Crippen molar-refractivity contribution in [2.75, 3.05) is 22.9 Å². The van der Waals surface area contributed by atoms with Gasteiger partial charge in [0.05, 0.1) is 5.75 Å². The van der Waals surface area contributed by atoms with Gasteiger partial charge in [-0.15, -0.1) is 10.2 Å². The molecule has 0 saturated heterocycles. The molecule has 2 aliphatic rings. The van der Waals surface area contributed by atoms with Crippen molar-refractivity contribution in [3.05, 3.63) is 18.2 Å². The largest absolute Gasteiger partial charge is 0.448 e. The number of hydrogen-bond donors (Lipinski definition) is 2. The number of rotatable bonds is 6. The lowest BCUT2D eigenvalue weighted by Gasteiger charge is -2.21. The Morgan fingerprint density at radius 3 is 2.72 bits per heavy atom. The minimum Gasteiger partial charge on any atom is -0.448 e. The second-order valence-electron chi connectivity index (χ2n) is 6.66. The number of carbonyl (C=O) groups is 1.